The number of rotatable bonds is 9. The Morgan fingerprint density at radius 2 is 1.76 bits per heavy atom. The maximum atomic E-state index is 13.5. The van der Waals surface area contributed by atoms with E-state index in [4.69, 9.17) is 4.65 Å². The molecule has 1 aromatic carbocycles. The summed E-state index contributed by atoms with van der Waals surface area (Å²) in [5.41, 5.74) is 0.868. The molecule has 3 rings (SSSR count). The highest BCUT2D eigenvalue weighted by atomic mass is 16.5. The molecule has 8 heteroatoms. The van der Waals surface area contributed by atoms with Crippen LogP contribution in [0.5, 0.6) is 0 Å². The van der Waals surface area contributed by atoms with Gasteiger partial charge in [0.25, 0.3) is 5.91 Å². The van der Waals surface area contributed by atoms with Crippen LogP contribution in [-0.2, 0) is 15.9 Å². The lowest BCUT2D eigenvalue weighted by atomic mass is 9.32. The van der Waals surface area contributed by atoms with Crippen LogP contribution in [0.1, 0.15) is 64.0 Å². The monoisotopic (exact) mass is 450 g/mol. The molecule has 1 saturated heterocycles. The van der Waals surface area contributed by atoms with Crippen LogP contribution in [0, 0.1) is 5.92 Å². The van der Waals surface area contributed by atoms with E-state index in [-0.39, 0.29) is 35.4 Å². The predicted octanol–water partition coefficient (Wildman–Crippen LogP) is 3.47. The Hall–Kier alpha value is -2.74. The SMILES string of the molecule is CC(C)C[C@@H](NC(=O)[C@H](Cc1ccccc1)NC(=O)c1cnccn1)B1OC(C)(C)C1(C)C. The quantitative estimate of drug-likeness (QED) is 0.571. The third kappa shape index (κ3) is 5.80. The molecule has 0 spiro atoms. The molecular formula is C25H35BN4O3. The van der Waals surface area contributed by atoms with Crippen molar-refractivity contribution in [2.45, 2.75) is 77.3 Å². The number of amides is 2. The Bertz CT molecular complexity index is 951. The lowest BCUT2D eigenvalue weighted by molar-refractivity contribution is -0.123. The van der Waals surface area contributed by atoms with Crippen molar-refractivity contribution in [3.63, 3.8) is 0 Å². The number of hydrogen-bond acceptors (Lipinski definition) is 5. The van der Waals surface area contributed by atoms with E-state index >= 15 is 0 Å². The van der Waals surface area contributed by atoms with Crippen molar-refractivity contribution >= 4 is 18.7 Å². The van der Waals surface area contributed by atoms with Gasteiger partial charge in [-0.2, -0.15) is 0 Å². The lowest BCUT2D eigenvalue weighted by Crippen LogP contribution is -2.70. The fraction of sp³-hybridized carbons (Fsp3) is 0.520. The van der Waals surface area contributed by atoms with Gasteiger partial charge in [0.1, 0.15) is 11.7 Å². The molecule has 2 amide bonds. The first-order valence-electron chi connectivity index (χ1n) is 11.6. The summed E-state index contributed by atoms with van der Waals surface area (Å²) in [5.74, 6) is -0.445. The Morgan fingerprint density at radius 3 is 2.30 bits per heavy atom. The second-order valence-electron chi connectivity index (χ2n) is 10.3. The minimum atomic E-state index is -0.757. The molecule has 2 aromatic rings. The number of carbonyl (C=O) groups excluding carboxylic acids is 2. The number of nitrogens with one attached hydrogen (secondary N) is 2. The summed E-state index contributed by atoms with van der Waals surface area (Å²) >= 11 is 0. The van der Waals surface area contributed by atoms with Gasteiger partial charge in [0.2, 0.25) is 5.91 Å². The van der Waals surface area contributed by atoms with Crippen LogP contribution in [0.3, 0.4) is 0 Å². The van der Waals surface area contributed by atoms with Gasteiger partial charge in [0.15, 0.2) is 0 Å². The van der Waals surface area contributed by atoms with Crippen LogP contribution in [0.2, 0.25) is 5.31 Å². The molecule has 2 atom stereocenters. The number of nitrogens with zero attached hydrogens (tertiary/aromatic N) is 2. The van der Waals surface area contributed by atoms with Crippen LogP contribution in [0.15, 0.2) is 48.9 Å². The van der Waals surface area contributed by atoms with Crippen molar-refractivity contribution in [3.05, 3.63) is 60.2 Å². The summed E-state index contributed by atoms with van der Waals surface area (Å²) in [4.78, 5) is 34.3. The summed E-state index contributed by atoms with van der Waals surface area (Å²) in [6, 6.07) is 8.90. The molecule has 1 aliphatic rings. The van der Waals surface area contributed by atoms with Gasteiger partial charge in [-0.1, -0.05) is 58.0 Å². The molecule has 0 aliphatic carbocycles. The molecule has 1 aromatic heterocycles. The first kappa shape index (κ1) is 24.9. The Balaban J connectivity index is 1.80. The zero-order chi connectivity index (χ0) is 24.2. The van der Waals surface area contributed by atoms with Gasteiger partial charge in [-0.25, -0.2) is 4.98 Å². The van der Waals surface area contributed by atoms with Gasteiger partial charge >= 0.3 is 6.92 Å². The molecule has 0 saturated carbocycles. The molecule has 0 unspecified atom stereocenters. The minimum absolute atomic E-state index is 0.0996. The van der Waals surface area contributed by atoms with Gasteiger partial charge in [0.05, 0.1) is 6.20 Å². The van der Waals surface area contributed by atoms with Crippen LogP contribution in [0.25, 0.3) is 0 Å². The molecule has 2 heterocycles. The maximum Gasteiger partial charge on any atom is 0.324 e. The second-order valence-corrected chi connectivity index (χ2v) is 10.3. The molecule has 0 bridgehead atoms. The molecule has 7 nitrogen and oxygen atoms in total. The zero-order valence-corrected chi connectivity index (χ0v) is 20.5. The topological polar surface area (TPSA) is 93.2 Å². The molecule has 2 N–H and O–H groups in total. The third-order valence-corrected chi connectivity index (χ3v) is 6.80. The van der Waals surface area contributed by atoms with Crippen LogP contribution < -0.4 is 10.6 Å². The van der Waals surface area contributed by atoms with E-state index < -0.39 is 11.9 Å². The molecule has 176 valence electrons. The molecule has 1 fully saturated rings. The number of aromatic nitrogens is 2. The number of carbonyl (C=O) groups is 2. The molecule has 0 radical (unpaired) electrons. The standard InChI is InChI=1S/C25H35BN4O3/c1-17(2)14-21(26-24(3,4)25(5,6)33-26)30-22(31)19(15-18-10-8-7-9-11-18)29-23(32)20-16-27-12-13-28-20/h7-13,16-17,19,21H,14-15H2,1-6H3,(H,29,32)(H,30,31)/t19-,21+/m0/s1. The number of benzene rings is 1. The van der Waals surface area contributed by atoms with Crippen molar-refractivity contribution in [2.24, 2.45) is 5.92 Å². The van der Waals surface area contributed by atoms with E-state index in [1.807, 2.05) is 30.3 Å². The lowest BCUT2D eigenvalue weighted by Gasteiger charge is -2.59. The van der Waals surface area contributed by atoms with E-state index in [9.17, 15) is 9.59 Å². The highest BCUT2D eigenvalue weighted by Gasteiger charge is 2.61. The summed E-state index contributed by atoms with van der Waals surface area (Å²) in [5, 5.41) is 5.96. The van der Waals surface area contributed by atoms with Gasteiger partial charge in [0, 0.05) is 30.4 Å². The van der Waals surface area contributed by atoms with Crippen LogP contribution in [0.4, 0.5) is 0 Å². The summed E-state index contributed by atoms with van der Waals surface area (Å²) < 4.78 is 6.23. The van der Waals surface area contributed by atoms with E-state index in [1.165, 1.54) is 18.6 Å². The average molecular weight is 450 g/mol. The summed E-state index contributed by atoms with van der Waals surface area (Å²) in [7, 11) is 0. The van der Waals surface area contributed by atoms with Crippen molar-refractivity contribution in [1.82, 2.24) is 20.6 Å². The van der Waals surface area contributed by atoms with Gasteiger partial charge < -0.3 is 15.3 Å². The first-order chi connectivity index (χ1) is 15.5. The third-order valence-electron chi connectivity index (χ3n) is 6.80. The normalized spacial score (nSPS) is 18.2. The maximum absolute atomic E-state index is 13.5. The van der Waals surface area contributed by atoms with E-state index in [0.29, 0.717) is 12.3 Å². The zero-order valence-electron chi connectivity index (χ0n) is 20.5. The van der Waals surface area contributed by atoms with E-state index in [2.05, 4.69) is 62.1 Å². The van der Waals surface area contributed by atoms with Gasteiger partial charge in [-0.15, -0.1) is 0 Å². The summed E-state index contributed by atoms with van der Waals surface area (Å²) in [6.45, 7) is 12.7. The van der Waals surface area contributed by atoms with E-state index in [1.54, 1.807) is 0 Å². The Kier molecular flexibility index (Phi) is 7.57. The average Bonchev–Trinajstić information content (AvgIpc) is 2.77. The fourth-order valence-corrected chi connectivity index (χ4v) is 4.24. The Morgan fingerprint density at radius 1 is 1.06 bits per heavy atom. The predicted molar refractivity (Wildman–Crippen MR) is 130 cm³/mol. The highest BCUT2D eigenvalue weighted by molar-refractivity contribution is 6.61. The van der Waals surface area contributed by atoms with Crippen LogP contribution >= 0.6 is 0 Å². The molecular weight excluding hydrogens is 415 g/mol. The van der Waals surface area contributed by atoms with Gasteiger partial charge in [-0.05, 0) is 37.1 Å². The molecule has 1 aliphatic heterocycles. The van der Waals surface area contributed by atoms with E-state index in [0.717, 1.165) is 12.0 Å². The highest BCUT2D eigenvalue weighted by Crippen LogP contribution is 2.54. The Labute approximate surface area is 197 Å². The van der Waals surface area contributed by atoms with Gasteiger partial charge in [-0.3, -0.25) is 14.6 Å². The smallest absolute Gasteiger partial charge is 0.324 e. The second kappa shape index (κ2) is 10.0. The van der Waals surface area contributed by atoms with Crippen molar-refractivity contribution < 1.29 is 14.2 Å². The molecule has 33 heavy (non-hydrogen) atoms. The number of hydrogen-bond donors (Lipinski definition) is 2. The summed E-state index contributed by atoms with van der Waals surface area (Å²) in [6.07, 6.45) is 5.50. The first-order valence-corrected chi connectivity index (χ1v) is 11.6. The van der Waals surface area contributed by atoms with Crippen LogP contribution in [-0.4, -0.2) is 46.3 Å². The largest absolute Gasteiger partial charge is 0.428 e. The fourth-order valence-electron chi connectivity index (χ4n) is 4.24. The van der Waals surface area contributed by atoms with Crippen molar-refractivity contribution in [1.29, 1.82) is 0 Å². The minimum Gasteiger partial charge on any atom is -0.428 e. The van der Waals surface area contributed by atoms with Crippen molar-refractivity contribution in [3.8, 4) is 0 Å². The van der Waals surface area contributed by atoms with Crippen molar-refractivity contribution in [2.75, 3.05) is 0 Å².